The van der Waals surface area contributed by atoms with E-state index in [1.807, 2.05) is 0 Å². The van der Waals surface area contributed by atoms with Crippen molar-refractivity contribution in [3.05, 3.63) is 151 Å². The molecule has 0 aromatic heterocycles. The van der Waals surface area contributed by atoms with Crippen LogP contribution in [0.25, 0.3) is 0 Å². The molecule has 0 N–H and O–H groups in total. The van der Waals surface area contributed by atoms with Crippen molar-refractivity contribution in [2.45, 2.75) is 39.0 Å². The van der Waals surface area contributed by atoms with Crippen molar-refractivity contribution in [1.82, 2.24) is 0 Å². The summed E-state index contributed by atoms with van der Waals surface area (Å²) in [5.74, 6) is 3.78. The van der Waals surface area contributed by atoms with E-state index in [0.29, 0.717) is 0 Å². The van der Waals surface area contributed by atoms with E-state index in [2.05, 4.69) is 176 Å². The molecule has 7 aromatic rings. The van der Waals surface area contributed by atoms with Crippen LogP contribution >= 0.6 is 0 Å². The number of benzene rings is 7. The third-order valence-corrected chi connectivity index (χ3v) is 20.3. The fourth-order valence-corrected chi connectivity index (χ4v) is 16.4. The third kappa shape index (κ3) is 4.17. The summed E-state index contributed by atoms with van der Waals surface area (Å²) in [6.07, 6.45) is 2.08. The second kappa shape index (κ2) is 10.9. The first-order chi connectivity index (χ1) is 26.8. The zero-order chi connectivity index (χ0) is 36.8. The van der Waals surface area contributed by atoms with Crippen LogP contribution in [0, 0.1) is 0 Å². The monoisotopic (exact) mass is 742 g/mol. The third-order valence-electron chi connectivity index (χ3n) is 13.2. The number of aryl methyl sites for hydroxylation is 1. The Morgan fingerprint density at radius 1 is 0.473 bits per heavy atom. The van der Waals surface area contributed by atoms with E-state index in [-0.39, 0.29) is 6.71 Å². The molecule has 4 nitrogen and oxygen atoms in total. The number of para-hydroxylation sites is 4. The van der Waals surface area contributed by atoms with E-state index in [9.17, 15) is 0 Å². The van der Waals surface area contributed by atoms with Crippen LogP contribution in [-0.4, -0.2) is 22.9 Å². The lowest BCUT2D eigenvalue weighted by Gasteiger charge is -2.42. The molecule has 0 bridgehead atoms. The van der Waals surface area contributed by atoms with Crippen LogP contribution in [0.3, 0.4) is 0 Å². The molecule has 264 valence electrons. The van der Waals surface area contributed by atoms with E-state index < -0.39 is 16.1 Å². The van der Waals surface area contributed by atoms with Crippen molar-refractivity contribution in [3.8, 4) is 23.0 Å². The Morgan fingerprint density at radius 2 is 0.909 bits per heavy atom. The summed E-state index contributed by atoms with van der Waals surface area (Å²) in [5.41, 5.74) is 13.5. The maximum Gasteiger partial charge on any atom is 0.260 e. The summed E-state index contributed by atoms with van der Waals surface area (Å²) in [6.45, 7) is 9.90. The topological polar surface area (TPSA) is 24.9 Å². The van der Waals surface area contributed by atoms with Crippen LogP contribution in [0.1, 0.15) is 11.1 Å². The summed E-state index contributed by atoms with van der Waals surface area (Å²) >= 11 is 0. The van der Waals surface area contributed by atoms with Crippen LogP contribution in [0.2, 0.25) is 26.2 Å². The van der Waals surface area contributed by atoms with Gasteiger partial charge in [-0.25, -0.2) is 0 Å². The van der Waals surface area contributed by atoms with Gasteiger partial charge in [0.15, 0.2) is 0 Å². The average Bonchev–Trinajstić information content (AvgIpc) is 3.19. The van der Waals surface area contributed by atoms with Gasteiger partial charge in [-0.15, -0.1) is 0 Å². The Balaban J connectivity index is 1.02. The lowest BCUT2D eigenvalue weighted by molar-refractivity contribution is 0.454. The van der Waals surface area contributed by atoms with Gasteiger partial charge in [0.05, 0.1) is 0 Å². The van der Waals surface area contributed by atoms with E-state index >= 15 is 0 Å². The minimum atomic E-state index is -1.90. The van der Waals surface area contributed by atoms with Gasteiger partial charge in [-0.05, 0) is 98.1 Å². The van der Waals surface area contributed by atoms with Gasteiger partial charge >= 0.3 is 0 Å². The van der Waals surface area contributed by atoms with Gasteiger partial charge in [-0.3, -0.25) is 0 Å². The summed E-state index contributed by atoms with van der Waals surface area (Å²) in [7, 11) is -3.79. The van der Waals surface area contributed by atoms with Gasteiger partial charge in [0, 0.05) is 51.7 Å². The van der Waals surface area contributed by atoms with Crippen LogP contribution in [-0.2, 0) is 12.8 Å². The zero-order valence-electron chi connectivity index (χ0n) is 31.5. The van der Waals surface area contributed by atoms with Crippen LogP contribution in [0.5, 0.6) is 23.0 Å². The SMILES string of the molecule is C[Si]1(C)c2ccccc2N(c2ccc3c(c2)Oc2cc4c(c5c2B3c2ccc(N3c6ccccc6[Si](C)(C)c6ccccc63)cc2O5)CC4)c2ccccc21. The first kappa shape index (κ1) is 31.6. The first-order valence-electron chi connectivity index (χ1n) is 19.6. The number of fused-ring (bicyclic) bond motifs is 10. The molecule has 0 atom stereocenters. The Kier molecular flexibility index (Phi) is 6.27. The fourth-order valence-electron chi connectivity index (χ4n) is 10.4. The highest BCUT2D eigenvalue weighted by atomic mass is 28.3. The zero-order valence-corrected chi connectivity index (χ0v) is 33.5. The predicted molar refractivity (Wildman–Crippen MR) is 234 cm³/mol. The standard InChI is InChI=1S/C48H39BN2O2Si2/c1-54(2)43-17-9-5-13-36(43)50(37-14-6-10-18-44(37)54)31-22-25-34-40(28-31)52-42-27-30-21-24-33(30)48-47(42)49(34)35-26-23-32(29-41(35)53-48)51-38-15-7-11-19-45(38)55(3,4)46-20-12-8-16-39(46)51/h5-20,22-23,25-29H,21,24H2,1-4H3. The highest BCUT2D eigenvalue weighted by Crippen LogP contribution is 2.46. The summed E-state index contributed by atoms with van der Waals surface area (Å²) in [5, 5.41) is 5.84. The number of rotatable bonds is 2. The highest BCUT2D eigenvalue weighted by Gasteiger charge is 2.45. The summed E-state index contributed by atoms with van der Waals surface area (Å²) < 4.78 is 14.0. The predicted octanol–water partition coefficient (Wildman–Crippen LogP) is 7.72. The van der Waals surface area contributed by atoms with E-state index in [1.165, 1.54) is 71.0 Å². The number of nitrogens with zero attached hydrogens (tertiary/aromatic N) is 2. The molecule has 12 rings (SSSR count). The average molecular weight is 743 g/mol. The smallest absolute Gasteiger partial charge is 0.260 e. The van der Waals surface area contributed by atoms with Gasteiger partial charge in [-0.1, -0.05) is 111 Å². The molecule has 4 aliphatic heterocycles. The minimum absolute atomic E-state index is 0.00559. The van der Waals surface area contributed by atoms with E-state index in [0.717, 1.165) is 47.2 Å². The molecular weight excluding hydrogens is 704 g/mol. The maximum atomic E-state index is 7.06. The number of ether oxygens (including phenoxy) is 2. The van der Waals surface area contributed by atoms with E-state index in [1.54, 1.807) is 0 Å². The Labute approximate surface area is 324 Å². The molecule has 4 heterocycles. The first-order valence-corrected chi connectivity index (χ1v) is 25.6. The normalized spacial score (nSPS) is 16.7. The molecule has 0 unspecified atom stereocenters. The fraction of sp³-hybridized carbons (Fsp3) is 0.125. The second-order valence-electron chi connectivity index (χ2n) is 16.8. The highest BCUT2D eigenvalue weighted by molar-refractivity contribution is 7.03. The van der Waals surface area contributed by atoms with Gasteiger partial charge in [0.1, 0.15) is 39.1 Å². The number of anilines is 6. The molecule has 0 radical (unpaired) electrons. The molecule has 1 aliphatic carbocycles. The second-order valence-corrected chi connectivity index (χ2v) is 25.5. The molecular formula is C48H39BN2O2Si2. The number of hydrogen-bond acceptors (Lipinski definition) is 4. The molecule has 7 aromatic carbocycles. The molecule has 5 aliphatic rings. The van der Waals surface area contributed by atoms with Gasteiger partial charge in [-0.2, -0.15) is 0 Å². The van der Waals surface area contributed by atoms with Crippen LogP contribution in [0.15, 0.2) is 140 Å². The maximum absolute atomic E-state index is 7.06. The number of hydrogen-bond donors (Lipinski definition) is 0. The summed E-state index contributed by atoms with van der Waals surface area (Å²) in [6, 6.07) is 52.1. The van der Waals surface area contributed by atoms with Crippen molar-refractivity contribution in [3.63, 3.8) is 0 Å². The van der Waals surface area contributed by atoms with Gasteiger partial charge in [0.25, 0.3) is 6.71 Å². The Hall–Kier alpha value is -5.76. The molecule has 0 saturated heterocycles. The summed E-state index contributed by atoms with van der Waals surface area (Å²) in [4.78, 5) is 4.91. The van der Waals surface area contributed by atoms with Crippen LogP contribution in [0.4, 0.5) is 34.1 Å². The largest absolute Gasteiger partial charge is 0.458 e. The lowest BCUT2D eigenvalue weighted by Crippen LogP contribution is -2.59. The molecule has 7 heteroatoms. The van der Waals surface area contributed by atoms with Crippen molar-refractivity contribution in [2.75, 3.05) is 9.80 Å². The van der Waals surface area contributed by atoms with Gasteiger partial charge < -0.3 is 19.3 Å². The quantitative estimate of drug-likeness (QED) is 0.170. The van der Waals surface area contributed by atoms with Crippen molar-refractivity contribution >= 4 is 94.1 Å². The van der Waals surface area contributed by atoms with Crippen molar-refractivity contribution in [1.29, 1.82) is 0 Å². The Bertz CT molecular complexity index is 2720. The molecule has 0 amide bonds. The molecule has 0 spiro atoms. The molecule has 55 heavy (non-hydrogen) atoms. The minimum Gasteiger partial charge on any atom is -0.458 e. The van der Waals surface area contributed by atoms with Crippen molar-refractivity contribution in [2.24, 2.45) is 0 Å². The van der Waals surface area contributed by atoms with Gasteiger partial charge in [0.2, 0.25) is 0 Å². The van der Waals surface area contributed by atoms with Crippen molar-refractivity contribution < 1.29 is 9.47 Å². The molecule has 0 saturated carbocycles. The molecule has 0 fully saturated rings. The lowest BCUT2D eigenvalue weighted by atomic mass is 9.34. The van der Waals surface area contributed by atoms with Crippen LogP contribution < -0.4 is 56.4 Å². The Morgan fingerprint density at radius 3 is 1.35 bits per heavy atom. The van der Waals surface area contributed by atoms with E-state index in [4.69, 9.17) is 9.47 Å².